The zero-order valence-electron chi connectivity index (χ0n) is 15.3. The first kappa shape index (κ1) is 16.3. The van der Waals surface area contributed by atoms with Crippen molar-refractivity contribution in [2.45, 2.75) is 25.4 Å². The number of hydrogen-bond donors (Lipinski definition) is 1. The number of benzene rings is 1. The fraction of sp³-hybridized carbons (Fsp3) is 0.421. The highest BCUT2D eigenvalue weighted by atomic mass is 16.7. The molecule has 0 unspecified atom stereocenters. The molecule has 0 aliphatic carbocycles. The molecule has 1 saturated heterocycles. The minimum atomic E-state index is -0.499. The van der Waals surface area contributed by atoms with Crippen LogP contribution in [-0.2, 0) is 7.05 Å². The van der Waals surface area contributed by atoms with E-state index in [0.29, 0.717) is 6.54 Å². The number of β-amino-alcohol motifs (C(OH)–C–C–N with tert-alkyl or cyclic N) is 1. The summed E-state index contributed by atoms with van der Waals surface area (Å²) in [7, 11) is 1.88. The zero-order valence-corrected chi connectivity index (χ0v) is 15.3. The highest BCUT2D eigenvalue weighted by Crippen LogP contribution is 2.38. The smallest absolute Gasteiger partial charge is 0.231 e. The van der Waals surface area contributed by atoms with Crippen LogP contribution in [0.2, 0.25) is 0 Å². The molecule has 4 heterocycles. The van der Waals surface area contributed by atoms with Crippen LogP contribution in [0.15, 0.2) is 24.5 Å². The lowest BCUT2D eigenvalue weighted by atomic mass is 9.87. The van der Waals surface area contributed by atoms with Crippen LogP contribution in [0.1, 0.15) is 23.6 Å². The van der Waals surface area contributed by atoms with E-state index in [9.17, 15) is 5.11 Å². The number of aryl methyl sites for hydroxylation is 2. The Labute approximate surface area is 156 Å². The number of hydrogen-bond acceptors (Lipinski definition) is 7. The quantitative estimate of drug-likeness (QED) is 0.738. The second-order valence-corrected chi connectivity index (χ2v) is 7.13. The molecule has 2 atom stereocenters. The number of rotatable bonds is 2. The molecular weight excluding hydrogens is 346 g/mol. The van der Waals surface area contributed by atoms with Gasteiger partial charge in [-0.05, 0) is 31.0 Å². The van der Waals surface area contributed by atoms with Gasteiger partial charge in [0.25, 0.3) is 0 Å². The largest absolute Gasteiger partial charge is 0.454 e. The fourth-order valence-electron chi connectivity index (χ4n) is 4.16. The second kappa shape index (κ2) is 6.09. The summed E-state index contributed by atoms with van der Waals surface area (Å²) in [5.74, 6) is 2.42. The van der Waals surface area contributed by atoms with E-state index in [1.807, 2.05) is 32.2 Å². The van der Waals surface area contributed by atoms with Crippen LogP contribution < -0.4 is 14.4 Å². The van der Waals surface area contributed by atoms with Crippen LogP contribution >= 0.6 is 0 Å². The van der Waals surface area contributed by atoms with Gasteiger partial charge in [-0.1, -0.05) is 6.07 Å². The molecule has 0 bridgehead atoms. The van der Waals surface area contributed by atoms with Crippen molar-refractivity contribution in [2.24, 2.45) is 7.05 Å². The van der Waals surface area contributed by atoms with Gasteiger partial charge >= 0.3 is 0 Å². The Morgan fingerprint density at radius 3 is 2.89 bits per heavy atom. The van der Waals surface area contributed by atoms with Gasteiger partial charge in [-0.15, -0.1) is 0 Å². The summed E-state index contributed by atoms with van der Waals surface area (Å²) >= 11 is 0. The van der Waals surface area contributed by atoms with E-state index < -0.39 is 6.10 Å². The van der Waals surface area contributed by atoms with E-state index in [1.165, 1.54) is 0 Å². The van der Waals surface area contributed by atoms with Crippen molar-refractivity contribution in [2.75, 3.05) is 24.8 Å². The second-order valence-electron chi connectivity index (χ2n) is 7.13. The molecule has 3 aromatic rings. The molecule has 0 spiro atoms. The van der Waals surface area contributed by atoms with E-state index >= 15 is 0 Å². The van der Waals surface area contributed by atoms with Gasteiger partial charge < -0.3 is 19.5 Å². The molecule has 2 aliphatic rings. The van der Waals surface area contributed by atoms with E-state index in [-0.39, 0.29) is 12.7 Å². The van der Waals surface area contributed by atoms with E-state index in [2.05, 4.69) is 20.0 Å². The first-order valence-corrected chi connectivity index (χ1v) is 9.08. The topological polar surface area (TPSA) is 85.5 Å². The van der Waals surface area contributed by atoms with Gasteiger partial charge in [0.05, 0.1) is 17.2 Å². The molecule has 27 heavy (non-hydrogen) atoms. The molecule has 5 rings (SSSR count). The van der Waals surface area contributed by atoms with Crippen LogP contribution in [0.4, 0.5) is 5.82 Å². The maximum absolute atomic E-state index is 10.9. The minimum absolute atomic E-state index is 0.0584. The number of piperidine rings is 1. The highest BCUT2D eigenvalue weighted by molar-refractivity contribution is 5.89. The van der Waals surface area contributed by atoms with Crippen LogP contribution in [0, 0.1) is 6.92 Å². The van der Waals surface area contributed by atoms with Gasteiger partial charge in [-0.3, -0.25) is 4.68 Å². The Morgan fingerprint density at radius 1 is 1.19 bits per heavy atom. The summed E-state index contributed by atoms with van der Waals surface area (Å²) in [6.45, 7) is 3.54. The van der Waals surface area contributed by atoms with Crippen molar-refractivity contribution >= 4 is 16.9 Å². The molecule has 2 aliphatic heterocycles. The number of aromatic nitrogens is 4. The number of aliphatic hydroxyl groups excluding tert-OH is 1. The van der Waals surface area contributed by atoms with Crippen molar-refractivity contribution < 1.29 is 14.6 Å². The van der Waals surface area contributed by atoms with Crippen LogP contribution in [0.3, 0.4) is 0 Å². The van der Waals surface area contributed by atoms with Crippen molar-refractivity contribution in [3.63, 3.8) is 0 Å². The maximum atomic E-state index is 10.9. The Hall–Kier alpha value is -2.87. The SMILES string of the molecule is Cc1nn(C)c2ncnc(N3CC[C@@H](c4ccc5c(c4)OCO5)[C@H](O)C3)c12. The zero-order chi connectivity index (χ0) is 18.5. The third kappa shape index (κ3) is 2.59. The van der Waals surface area contributed by atoms with Gasteiger partial charge in [-0.25, -0.2) is 9.97 Å². The molecular formula is C19H21N5O3. The highest BCUT2D eigenvalue weighted by Gasteiger charge is 2.32. The molecule has 0 radical (unpaired) electrons. The Balaban J connectivity index is 1.42. The molecule has 2 aromatic heterocycles. The number of anilines is 1. The lowest BCUT2D eigenvalue weighted by Gasteiger charge is -2.37. The predicted octanol–water partition coefficient (Wildman–Crippen LogP) is 1.76. The van der Waals surface area contributed by atoms with Crippen molar-refractivity contribution in [1.82, 2.24) is 19.7 Å². The lowest BCUT2D eigenvalue weighted by Crippen LogP contribution is -2.43. The Morgan fingerprint density at radius 2 is 2.04 bits per heavy atom. The fourth-order valence-corrected chi connectivity index (χ4v) is 4.16. The summed E-state index contributed by atoms with van der Waals surface area (Å²) in [4.78, 5) is 11.0. The first-order chi connectivity index (χ1) is 13.1. The first-order valence-electron chi connectivity index (χ1n) is 9.08. The average Bonchev–Trinajstić information content (AvgIpc) is 3.25. The van der Waals surface area contributed by atoms with Gasteiger partial charge in [0, 0.05) is 26.1 Å². The third-order valence-electron chi connectivity index (χ3n) is 5.48. The van der Waals surface area contributed by atoms with Crippen molar-refractivity contribution in [1.29, 1.82) is 0 Å². The molecule has 8 nitrogen and oxygen atoms in total. The molecule has 1 N–H and O–H groups in total. The van der Waals surface area contributed by atoms with E-state index in [4.69, 9.17) is 9.47 Å². The summed E-state index contributed by atoms with van der Waals surface area (Å²) in [6, 6.07) is 5.93. The normalized spacial score (nSPS) is 21.8. The van der Waals surface area contributed by atoms with Crippen LogP contribution in [0.25, 0.3) is 11.0 Å². The van der Waals surface area contributed by atoms with Gasteiger partial charge in [0.1, 0.15) is 12.1 Å². The van der Waals surface area contributed by atoms with Crippen molar-refractivity contribution in [3.05, 3.63) is 35.8 Å². The Bertz CT molecular complexity index is 1020. The maximum Gasteiger partial charge on any atom is 0.231 e. The molecule has 8 heteroatoms. The molecule has 1 aromatic carbocycles. The number of nitrogens with zero attached hydrogens (tertiary/aromatic N) is 5. The number of ether oxygens (including phenoxy) is 2. The summed E-state index contributed by atoms with van der Waals surface area (Å²) in [5, 5.41) is 16.3. The molecule has 1 fully saturated rings. The van der Waals surface area contributed by atoms with Gasteiger partial charge in [0.2, 0.25) is 6.79 Å². The third-order valence-corrected chi connectivity index (χ3v) is 5.48. The monoisotopic (exact) mass is 367 g/mol. The van der Waals surface area contributed by atoms with E-state index in [1.54, 1.807) is 11.0 Å². The molecule has 0 saturated carbocycles. The van der Waals surface area contributed by atoms with E-state index in [0.717, 1.165) is 52.6 Å². The average molecular weight is 367 g/mol. The summed E-state index contributed by atoms with van der Waals surface area (Å²) in [5.41, 5.74) is 2.79. The van der Waals surface area contributed by atoms with Gasteiger partial charge in [0.15, 0.2) is 17.1 Å². The van der Waals surface area contributed by atoms with Crippen molar-refractivity contribution in [3.8, 4) is 11.5 Å². The van der Waals surface area contributed by atoms with Crippen LogP contribution in [0.5, 0.6) is 11.5 Å². The summed E-state index contributed by atoms with van der Waals surface area (Å²) in [6.07, 6.45) is 1.89. The van der Waals surface area contributed by atoms with Gasteiger partial charge in [-0.2, -0.15) is 5.10 Å². The molecule has 140 valence electrons. The van der Waals surface area contributed by atoms with Crippen LogP contribution in [-0.4, -0.2) is 50.8 Å². The Kier molecular flexibility index (Phi) is 3.68. The minimum Gasteiger partial charge on any atom is -0.454 e. The summed E-state index contributed by atoms with van der Waals surface area (Å²) < 4.78 is 12.6. The number of fused-ring (bicyclic) bond motifs is 2. The standard InChI is InChI=1S/C19H21N5O3/c1-11-17-18(23(2)22-11)20-9-21-19(17)24-6-5-13(14(25)8-24)12-3-4-15-16(7-12)27-10-26-15/h3-4,7,9,13-14,25H,5-6,8,10H2,1-2H3/t13-,14+/m0/s1. The lowest BCUT2D eigenvalue weighted by molar-refractivity contribution is 0.129. The molecule has 0 amide bonds. The number of aliphatic hydroxyl groups is 1. The predicted molar refractivity (Wildman–Crippen MR) is 99.2 cm³/mol.